The SMILES string of the molecule is Cc1ccc(S(=O)(=O)NCCC(=O)N2CCC(c3nc(C4CC4)n[nH]3)CC2)c(C)c1. The number of carbonyl (C=O) groups excluding carboxylic acids is 1. The summed E-state index contributed by atoms with van der Waals surface area (Å²) in [6, 6.07) is 5.22. The number of hydrogen-bond donors (Lipinski definition) is 2. The molecule has 0 unspecified atom stereocenters. The molecule has 0 bridgehead atoms. The van der Waals surface area contributed by atoms with Gasteiger partial charge in [0.25, 0.3) is 0 Å². The summed E-state index contributed by atoms with van der Waals surface area (Å²) in [5, 5.41) is 7.40. The highest BCUT2D eigenvalue weighted by Crippen LogP contribution is 2.38. The number of aromatic nitrogens is 3. The van der Waals surface area contributed by atoms with Crippen molar-refractivity contribution in [1.29, 1.82) is 0 Å². The Labute approximate surface area is 177 Å². The van der Waals surface area contributed by atoms with Crippen LogP contribution in [0.5, 0.6) is 0 Å². The maximum absolute atomic E-state index is 12.5. The van der Waals surface area contributed by atoms with Gasteiger partial charge in [0.15, 0.2) is 5.82 Å². The molecule has 30 heavy (non-hydrogen) atoms. The molecule has 0 atom stereocenters. The fraction of sp³-hybridized carbons (Fsp3) is 0.571. The highest BCUT2D eigenvalue weighted by molar-refractivity contribution is 7.89. The first kappa shape index (κ1) is 21.0. The third-order valence-electron chi connectivity index (χ3n) is 5.95. The van der Waals surface area contributed by atoms with Crippen LogP contribution in [-0.4, -0.2) is 54.0 Å². The van der Waals surface area contributed by atoms with E-state index in [1.165, 1.54) is 12.8 Å². The molecule has 1 saturated heterocycles. The van der Waals surface area contributed by atoms with Crippen molar-refractivity contribution < 1.29 is 13.2 Å². The number of sulfonamides is 1. The summed E-state index contributed by atoms with van der Waals surface area (Å²) in [4.78, 5) is 19.3. The van der Waals surface area contributed by atoms with Gasteiger partial charge in [-0.1, -0.05) is 17.7 Å². The smallest absolute Gasteiger partial charge is 0.240 e. The number of hydrogen-bond acceptors (Lipinski definition) is 5. The molecular formula is C21H29N5O3S. The van der Waals surface area contributed by atoms with E-state index in [-0.39, 0.29) is 23.8 Å². The Kier molecular flexibility index (Phi) is 5.92. The zero-order valence-electron chi connectivity index (χ0n) is 17.5. The van der Waals surface area contributed by atoms with Gasteiger partial charge < -0.3 is 4.90 Å². The summed E-state index contributed by atoms with van der Waals surface area (Å²) < 4.78 is 27.6. The zero-order valence-corrected chi connectivity index (χ0v) is 18.3. The molecule has 2 aliphatic rings. The summed E-state index contributed by atoms with van der Waals surface area (Å²) in [6.07, 6.45) is 4.20. The fourth-order valence-electron chi connectivity index (χ4n) is 4.03. The largest absolute Gasteiger partial charge is 0.343 e. The van der Waals surface area contributed by atoms with E-state index in [2.05, 4.69) is 19.9 Å². The highest BCUT2D eigenvalue weighted by atomic mass is 32.2. The number of nitrogens with zero attached hydrogens (tertiary/aromatic N) is 3. The van der Waals surface area contributed by atoms with Gasteiger partial charge in [-0.2, -0.15) is 5.10 Å². The minimum atomic E-state index is -3.62. The van der Waals surface area contributed by atoms with Crippen molar-refractivity contribution in [2.24, 2.45) is 0 Å². The van der Waals surface area contributed by atoms with E-state index < -0.39 is 10.0 Å². The Morgan fingerprint density at radius 2 is 1.90 bits per heavy atom. The first-order valence-corrected chi connectivity index (χ1v) is 12.1. The maximum Gasteiger partial charge on any atom is 0.240 e. The van der Waals surface area contributed by atoms with Gasteiger partial charge >= 0.3 is 0 Å². The van der Waals surface area contributed by atoms with E-state index >= 15 is 0 Å². The number of carbonyl (C=O) groups is 1. The van der Waals surface area contributed by atoms with E-state index in [4.69, 9.17) is 0 Å². The van der Waals surface area contributed by atoms with Crippen LogP contribution in [0.2, 0.25) is 0 Å². The van der Waals surface area contributed by atoms with Crippen molar-refractivity contribution in [1.82, 2.24) is 24.8 Å². The molecule has 9 heteroatoms. The van der Waals surface area contributed by atoms with Gasteiger partial charge in [0.2, 0.25) is 15.9 Å². The van der Waals surface area contributed by atoms with Crippen LogP contribution >= 0.6 is 0 Å². The van der Waals surface area contributed by atoms with Crippen molar-refractivity contribution in [3.63, 3.8) is 0 Å². The molecule has 162 valence electrons. The Bertz CT molecular complexity index is 1020. The average molecular weight is 432 g/mol. The summed E-state index contributed by atoms with van der Waals surface area (Å²) in [6.45, 7) is 5.12. The van der Waals surface area contributed by atoms with E-state index in [9.17, 15) is 13.2 Å². The van der Waals surface area contributed by atoms with Gasteiger partial charge in [0.05, 0.1) is 4.90 Å². The number of aryl methyl sites for hydroxylation is 2. The molecule has 2 aromatic rings. The van der Waals surface area contributed by atoms with Crippen LogP contribution in [0.25, 0.3) is 0 Å². The number of piperidine rings is 1. The predicted molar refractivity (Wildman–Crippen MR) is 113 cm³/mol. The summed E-state index contributed by atoms with van der Waals surface area (Å²) in [5.74, 6) is 2.68. The van der Waals surface area contributed by atoms with Crippen molar-refractivity contribution in [2.45, 2.75) is 62.7 Å². The van der Waals surface area contributed by atoms with Crippen LogP contribution in [0.1, 0.15) is 66.7 Å². The maximum atomic E-state index is 12.5. The summed E-state index contributed by atoms with van der Waals surface area (Å²) >= 11 is 0. The summed E-state index contributed by atoms with van der Waals surface area (Å²) in [5.41, 5.74) is 1.72. The van der Waals surface area contributed by atoms with E-state index in [0.29, 0.717) is 30.5 Å². The van der Waals surface area contributed by atoms with Gasteiger partial charge in [-0.3, -0.25) is 9.89 Å². The lowest BCUT2D eigenvalue weighted by Gasteiger charge is -2.31. The topological polar surface area (TPSA) is 108 Å². The molecule has 0 spiro atoms. The van der Waals surface area contributed by atoms with E-state index in [1.807, 2.05) is 17.9 Å². The second kappa shape index (κ2) is 8.47. The number of benzene rings is 1. The molecule has 1 aromatic heterocycles. The molecule has 0 radical (unpaired) electrons. The fourth-order valence-corrected chi connectivity index (χ4v) is 5.28. The molecule has 2 N–H and O–H groups in total. The molecule has 1 aliphatic carbocycles. The van der Waals surface area contributed by atoms with Crippen molar-refractivity contribution in [3.8, 4) is 0 Å². The first-order valence-electron chi connectivity index (χ1n) is 10.6. The Morgan fingerprint density at radius 3 is 2.57 bits per heavy atom. The van der Waals surface area contributed by atoms with Crippen LogP contribution in [0, 0.1) is 13.8 Å². The Morgan fingerprint density at radius 1 is 1.17 bits per heavy atom. The van der Waals surface area contributed by atoms with Crippen LogP contribution < -0.4 is 4.72 Å². The van der Waals surface area contributed by atoms with E-state index in [1.54, 1.807) is 19.1 Å². The number of H-pyrrole nitrogens is 1. The molecule has 2 fully saturated rings. The van der Waals surface area contributed by atoms with E-state index in [0.717, 1.165) is 30.1 Å². The molecule has 1 aliphatic heterocycles. The predicted octanol–water partition coefficient (Wildman–Crippen LogP) is 2.37. The zero-order chi connectivity index (χ0) is 21.3. The van der Waals surface area contributed by atoms with Crippen molar-refractivity contribution in [3.05, 3.63) is 41.0 Å². The lowest BCUT2D eigenvalue weighted by molar-refractivity contribution is -0.132. The van der Waals surface area contributed by atoms with Crippen LogP contribution in [0.15, 0.2) is 23.1 Å². The highest BCUT2D eigenvalue weighted by Gasteiger charge is 2.30. The normalized spacial score (nSPS) is 18.0. The Balaban J connectivity index is 1.24. The number of likely N-dealkylation sites (tertiary alicyclic amines) is 1. The molecule has 1 aromatic carbocycles. The lowest BCUT2D eigenvalue weighted by Crippen LogP contribution is -2.39. The van der Waals surface area contributed by atoms with Gasteiger partial charge in [-0.25, -0.2) is 18.1 Å². The minimum Gasteiger partial charge on any atom is -0.343 e. The van der Waals surface area contributed by atoms with Crippen LogP contribution in [0.4, 0.5) is 0 Å². The van der Waals surface area contributed by atoms with Crippen molar-refractivity contribution >= 4 is 15.9 Å². The Hall–Kier alpha value is -2.26. The quantitative estimate of drug-likeness (QED) is 0.700. The first-order chi connectivity index (χ1) is 14.3. The van der Waals surface area contributed by atoms with Gasteiger partial charge in [0, 0.05) is 37.9 Å². The van der Waals surface area contributed by atoms with Gasteiger partial charge in [-0.05, 0) is 51.2 Å². The second-order valence-corrected chi connectivity index (χ2v) is 10.2. The molecule has 8 nitrogen and oxygen atoms in total. The van der Waals surface area contributed by atoms with Gasteiger partial charge in [0.1, 0.15) is 5.82 Å². The third-order valence-corrected chi connectivity index (χ3v) is 7.57. The molecule has 4 rings (SSSR count). The average Bonchev–Trinajstić information content (AvgIpc) is 3.44. The molecular weight excluding hydrogens is 402 g/mol. The lowest BCUT2D eigenvalue weighted by atomic mass is 9.96. The minimum absolute atomic E-state index is 0.0204. The van der Waals surface area contributed by atoms with Crippen LogP contribution in [-0.2, 0) is 14.8 Å². The molecule has 2 heterocycles. The number of aromatic amines is 1. The monoisotopic (exact) mass is 431 g/mol. The second-order valence-electron chi connectivity index (χ2n) is 8.42. The number of nitrogens with one attached hydrogen (secondary N) is 2. The molecule has 1 saturated carbocycles. The standard InChI is InChI=1S/C21H29N5O3S/c1-14-3-6-18(15(2)13-14)30(28,29)22-10-7-19(27)26-11-8-17(9-12-26)21-23-20(24-25-21)16-4-5-16/h3,6,13,16-17,22H,4-5,7-12H2,1-2H3,(H,23,24,25). The summed E-state index contributed by atoms with van der Waals surface area (Å²) in [7, 11) is -3.62. The third kappa shape index (κ3) is 4.73. The molecule has 1 amide bonds. The van der Waals surface area contributed by atoms with Gasteiger partial charge in [-0.15, -0.1) is 0 Å². The number of amides is 1. The number of rotatable bonds is 7. The van der Waals surface area contributed by atoms with Crippen molar-refractivity contribution in [2.75, 3.05) is 19.6 Å². The van der Waals surface area contributed by atoms with Crippen LogP contribution in [0.3, 0.4) is 0 Å².